The van der Waals surface area contributed by atoms with Crippen LogP contribution in [0.25, 0.3) is 11.4 Å². The summed E-state index contributed by atoms with van der Waals surface area (Å²) in [5.41, 5.74) is 5.13. The van der Waals surface area contributed by atoms with Gasteiger partial charge in [-0.2, -0.15) is 0 Å². The lowest BCUT2D eigenvalue weighted by molar-refractivity contribution is -0.113. The number of halogens is 3. The smallest absolute Gasteiger partial charge is 0.174 e. The van der Waals surface area contributed by atoms with Gasteiger partial charge in [0.05, 0.1) is 17.6 Å². The maximum atomic E-state index is 14.0. The molecule has 6 nitrogen and oxygen atoms in total. The third kappa shape index (κ3) is 8.00. The maximum absolute atomic E-state index is 14.0. The fourth-order valence-electron chi connectivity index (χ4n) is 3.52. The number of hydrogen-bond donors (Lipinski definition) is 1. The van der Waals surface area contributed by atoms with E-state index in [-0.39, 0.29) is 29.7 Å². The molecule has 0 atom stereocenters. The normalized spacial score (nSPS) is 12.4. The predicted octanol–water partition coefficient (Wildman–Crippen LogP) is 5.80. The van der Waals surface area contributed by atoms with Gasteiger partial charge in [0, 0.05) is 37.9 Å². The SMILES string of the molecule is CC(=O)/C(Cl)=C(\C=C(\C)CCc1cc(-c2cccc(CCO)n2)ncc1C)OCc1ncc(F)cc1F. The number of allylic oxidation sites excluding steroid dienone is 3. The summed E-state index contributed by atoms with van der Waals surface area (Å²) < 4.78 is 32.7. The highest BCUT2D eigenvalue weighted by Gasteiger charge is 2.13. The number of ether oxygens (including phenoxy) is 1. The summed E-state index contributed by atoms with van der Waals surface area (Å²) in [7, 11) is 0. The molecule has 0 aliphatic carbocycles. The molecule has 0 saturated carbocycles. The van der Waals surface area contributed by atoms with Gasteiger partial charge in [-0.05, 0) is 62.1 Å². The Balaban J connectivity index is 1.76. The molecule has 0 fully saturated rings. The van der Waals surface area contributed by atoms with E-state index in [1.807, 2.05) is 38.1 Å². The fraction of sp³-hybridized carbons (Fsp3) is 0.286. The molecule has 0 bridgehead atoms. The van der Waals surface area contributed by atoms with Crippen LogP contribution in [-0.2, 0) is 29.0 Å². The van der Waals surface area contributed by atoms with Gasteiger partial charge in [-0.1, -0.05) is 23.2 Å². The number of nitrogens with zero attached hydrogens (tertiary/aromatic N) is 3. The molecule has 1 N–H and O–H groups in total. The number of aromatic nitrogens is 3. The first-order chi connectivity index (χ1) is 17.7. The molecule has 194 valence electrons. The van der Waals surface area contributed by atoms with Gasteiger partial charge < -0.3 is 9.84 Å². The maximum Gasteiger partial charge on any atom is 0.174 e. The van der Waals surface area contributed by atoms with Crippen molar-refractivity contribution in [1.82, 2.24) is 15.0 Å². The molecular formula is C28H28ClF2N3O3. The second-order valence-electron chi connectivity index (χ2n) is 8.58. The average Bonchev–Trinajstić information content (AvgIpc) is 2.86. The first-order valence-corrected chi connectivity index (χ1v) is 12.1. The molecule has 0 radical (unpaired) electrons. The van der Waals surface area contributed by atoms with E-state index >= 15 is 0 Å². The molecule has 0 aliphatic heterocycles. The van der Waals surface area contributed by atoms with E-state index in [1.54, 1.807) is 12.3 Å². The number of carbonyl (C=O) groups excluding carboxylic acids is 1. The van der Waals surface area contributed by atoms with Gasteiger partial charge in [0.2, 0.25) is 0 Å². The van der Waals surface area contributed by atoms with Crippen LogP contribution >= 0.6 is 11.6 Å². The molecule has 37 heavy (non-hydrogen) atoms. The number of aliphatic hydroxyl groups excluding tert-OH is 1. The standard InChI is InChI=1S/C28H28ClF2N3O3/c1-17(11-27(28(29)19(3)36)37-16-26-23(31)13-21(30)15-33-26)7-8-20-12-25(32-14-18(20)2)24-6-4-5-22(34-24)9-10-35/h4-6,11-15,35H,7-10,16H2,1-3H3/b17-11-,28-27-. The van der Waals surface area contributed by atoms with E-state index < -0.39 is 17.4 Å². The van der Waals surface area contributed by atoms with Crippen molar-refractivity contribution in [2.45, 2.75) is 46.6 Å². The van der Waals surface area contributed by atoms with E-state index in [0.717, 1.165) is 40.0 Å². The summed E-state index contributed by atoms with van der Waals surface area (Å²) in [6, 6.07) is 8.34. The third-order valence-corrected chi connectivity index (χ3v) is 6.04. The number of aliphatic hydroxyl groups is 1. The van der Waals surface area contributed by atoms with Crippen molar-refractivity contribution in [3.8, 4) is 11.4 Å². The number of aryl methyl sites for hydroxylation is 2. The van der Waals surface area contributed by atoms with Gasteiger partial charge >= 0.3 is 0 Å². The molecule has 0 unspecified atom stereocenters. The number of rotatable bonds is 11. The Bertz CT molecular complexity index is 1340. The highest BCUT2D eigenvalue weighted by molar-refractivity contribution is 6.42. The molecule has 0 aromatic carbocycles. The molecular weight excluding hydrogens is 500 g/mol. The van der Waals surface area contributed by atoms with Crippen LogP contribution in [0.15, 0.2) is 65.2 Å². The van der Waals surface area contributed by atoms with Crippen LogP contribution in [0.4, 0.5) is 8.78 Å². The van der Waals surface area contributed by atoms with Crippen LogP contribution in [0.1, 0.15) is 42.8 Å². The fourth-order valence-corrected chi connectivity index (χ4v) is 3.62. The lowest BCUT2D eigenvalue weighted by Gasteiger charge is -2.12. The number of Topliss-reactive ketones (excluding diaryl/α,β-unsaturated/α-hetero) is 1. The lowest BCUT2D eigenvalue weighted by Crippen LogP contribution is -2.03. The van der Waals surface area contributed by atoms with E-state index in [2.05, 4.69) is 15.0 Å². The molecule has 0 aliphatic rings. The predicted molar refractivity (Wildman–Crippen MR) is 138 cm³/mol. The second-order valence-corrected chi connectivity index (χ2v) is 8.96. The summed E-state index contributed by atoms with van der Waals surface area (Å²) in [4.78, 5) is 24.7. The van der Waals surface area contributed by atoms with Gasteiger partial charge in [-0.3, -0.25) is 19.7 Å². The van der Waals surface area contributed by atoms with Crippen molar-refractivity contribution in [2.24, 2.45) is 0 Å². The van der Waals surface area contributed by atoms with Gasteiger partial charge in [0.1, 0.15) is 28.9 Å². The lowest BCUT2D eigenvalue weighted by atomic mass is 10.0. The Morgan fingerprint density at radius 2 is 1.89 bits per heavy atom. The van der Waals surface area contributed by atoms with Gasteiger partial charge in [0.25, 0.3) is 0 Å². The zero-order valence-electron chi connectivity index (χ0n) is 20.9. The van der Waals surface area contributed by atoms with Crippen molar-refractivity contribution in [3.63, 3.8) is 0 Å². The van der Waals surface area contributed by atoms with Crippen molar-refractivity contribution in [2.75, 3.05) is 6.61 Å². The van der Waals surface area contributed by atoms with Crippen LogP contribution in [0, 0.1) is 18.6 Å². The second kappa shape index (κ2) is 13.2. The summed E-state index contributed by atoms with van der Waals surface area (Å²) >= 11 is 6.18. The van der Waals surface area contributed by atoms with Gasteiger partial charge in [-0.25, -0.2) is 8.78 Å². The minimum atomic E-state index is -0.848. The molecule has 0 saturated heterocycles. The van der Waals surface area contributed by atoms with E-state index in [4.69, 9.17) is 16.3 Å². The molecule has 3 heterocycles. The number of hydrogen-bond acceptors (Lipinski definition) is 6. The van der Waals surface area contributed by atoms with Crippen molar-refractivity contribution in [1.29, 1.82) is 0 Å². The summed E-state index contributed by atoms with van der Waals surface area (Å²) in [5.74, 6) is -1.95. The molecule has 3 rings (SSSR count). The summed E-state index contributed by atoms with van der Waals surface area (Å²) in [6.07, 6.45) is 6.11. The Morgan fingerprint density at radius 3 is 2.59 bits per heavy atom. The molecule has 0 spiro atoms. The van der Waals surface area contributed by atoms with E-state index in [9.17, 15) is 18.7 Å². The highest BCUT2D eigenvalue weighted by atomic mass is 35.5. The van der Waals surface area contributed by atoms with Crippen LogP contribution in [0.3, 0.4) is 0 Å². The van der Waals surface area contributed by atoms with Crippen molar-refractivity contribution < 1.29 is 23.4 Å². The zero-order valence-corrected chi connectivity index (χ0v) is 21.6. The molecule has 9 heteroatoms. The largest absolute Gasteiger partial charge is 0.485 e. The summed E-state index contributed by atoms with van der Waals surface area (Å²) in [6.45, 7) is 4.87. The molecule has 3 aromatic heterocycles. The topological polar surface area (TPSA) is 85.2 Å². The van der Waals surface area contributed by atoms with Crippen molar-refractivity contribution in [3.05, 3.63) is 99.3 Å². The van der Waals surface area contributed by atoms with Gasteiger partial charge in [0.15, 0.2) is 11.6 Å². The monoisotopic (exact) mass is 527 g/mol. The van der Waals surface area contributed by atoms with E-state index in [0.29, 0.717) is 25.3 Å². The zero-order chi connectivity index (χ0) is 26.9. The quantitative estimate of drug-likeness (QED) is 0.193. The minimum Gasteiger partial charge on any atom is -0.485 e. The molecule has 0 amide bonds. The Hall–Kier alpha value is -3.49. The Morgan fingerprint density at radius 1 is 1.11 bits per heavy atom. The first-order valence-electron chi connectivity index (χ1n) is 11.7. The minimum absolute atomic E-state index is 0.0256. The number of carbonyl (C=O) groups is 1. The van der Waals surface area contributed by atoms with Crippen LogP contribution in [-0.4, -0.2) is 32.4 Å². The molecule has 3 aromatic rings. The highest BCUT2D eigenvalue weighted by Crippen LogP contribution is 2.23. The first kappa shape index (κ1) is 28.1. The average molecular weight is 528 g/mol. The Labute approximate surface area is 219 Å². The van der Waals surface area contributed by atoms with Gasteiger partial charge in [-0.15, -0.1) is 0 Å². The van der Waals surface area contributed by atoms with Crippen LogP contribution in [0.2, 0.25) is 0 Å². The van der Waals surface area contributed by atoms with E-state index in [1.165, 1.54) is 6.92 Å². The van der Waals surface area contributed by atoms with Crippen LogP contribution in [0.5, 0.6) is 0 Å². The number of ketones is 1. The van der Waals surface area contributed by atoms with Crippen LogP contribution < -0.4 is 0 Å². The third-order valence-electron chi connectivity index (χ3n) is 5.59. The number of pyridine rings is 3. The van der Waals surface area contributed by atoms with Crippen molar-refractivity contribution >= 4 is 17.4 Å². The Kier molecular flexibility index (Phi) is 10.00. The summed E-state index contributed by atoms with van der Waals surface area (Å²) in [5, 5.41) is 9.06.